The standard InChI is InChI=1S/C20H29N7O2/c1-26(2)11-12-29-16-6-4-3-5-14(16)20(18(21)28)17-15(7-8-23-17)24-19(25-20)27-10-9-22-13-27/h7-10,13-14,16,23H,3-6,11-12H2,1-2H3,(H2,21,28)(H,24,25)/t14-,16?,20+/m0/s1. The topological polar surface area (TPSA) is 114 Å². The minimum atomic E-state index is -1.22. The normalized spacial score (nSPS) is 26.7. The number of fused-ring (bicyclic) bond motifs is 1. The van der Waals surface area contributed by atoms with Crippen molar-refractivity contribution in [1.82, 2.24) is 19.4 Å². The number of hydrogen-bond acceptors (Lipinski definition) is 6. The van der Waals surface area contributed by atoms with E-state index in [0.717, 1.165) is 37.9 Å². The molecule has 1 saturated carbocycles. The molecule has 3 heterocycles. The van der Waals surface area contributed by atoms with Crippen LogP contribution in [0.5, 0.6) is 0 Å². The summed E-state index contributed by atoms with van der Waals surface area (Å²) in [6.07, 6.45) is 10.7. The third kappa shape index (κ3) is 3.56. The van der Waals surface area contributed by atoms with Crippen LogP contribution in [0.3, 0.4) is 0 Å². The van der Waals surface area contributed by atoms with Gasteiger partial charge in [-0.2, -0.15) is 0 Å². The lowest BCUT2D eigenvalue weighted by Gasteiger charge is -2.43. The Morgan fingerprint density at radius 2 is 2.24 bits per heavy atom. The summed E-state index contributed by atoms with van der Waals surface area (Å²) in [7, 11) is 4.04. The minimum absolute atomic E-state index is 0.0850. The Balaban J connectivity index is 1.76. The molecule has 1 aliphatic heterocycles. The smallest absolute Gasteiger partial charge is 0.252 e. The zero-order valence-electron chi connectivity index (χ0n) is 17.0. The second kappa shape index (κ2) is 8.00. The first-order valence-electron chi connectivity index (χ1n) is 10.1. The quantitative estimate of drug-likeness (QED) is 0.679. The lowest BCUT2D eigenvalue weighted by Crippen LogP contribution is -2.55. The second-order valence-electron chi connectivity index (χ2n) is 8.03. The molecule has 0 bridgehead atoms. The highest BCUT2D eigenvalue weighted by atomic mass is 16.5. The Bertz CT molecular complexity index is 873. The highest BCUT2D eigenvalue weighted by Gasteiger charge is 2.54. The second-order valence-corrected chi connectivity index (χ2v) is 8.03. The van der Waals surface area contributed by atoms with Crippen molar-refractivity contribution >= 4 is 17.6 Å². The fraction of sp³-hybridized carbons (Fsp3) is 0.550. The van der Waals surface area contributed by atoms with Crippen LogP contribution in [0, 0.1) is 5.92 Å². The molecule has 1 aliphatic carbocycles. The van der Waals surface area contributed by atoms with Crippen molar-refractivity contribution in [3.63, 3.8) is 0 Å². The predicted octanol–water partition coefficient (Wildman–Crippen LogP) is 1.36. The molecule has 1 fully saturated rings. The summed E-state index contributed by atoms with van der Waals surface area (Å²) < 4.78 is 8.04. The van der Waals surface area contributed by atoms with Crippen molar-refractivity contribution in [2.45, 2.75) is 37.3 Å². The molecule has 156 valence electrons. The number of nitrogens with one attached hydrogen (secondary N) is 2. The number of carbonyl (C=O) groups excluding carboxylic acids is 1. The maximum Gasteiger partial charge on any atom is 0.252 e. The number of imidazole rings is 1. The first-order chi connectivity index (χ1) is 14.0. The van der Waals surface area contributed by atoms with Crippen molar-refractivity contribution in [3.05, 3.63) is 36.7 Å². The zero-order valence-corrected chi connectivity index (χ0v) is 17.0. The molecule has 2 aliphatic rings. The molecule has 9 nitrogen and oxygen atoms in total. The minimum Gasteiger partial charge on any atom is -0.376 e. The molecule has 1 unspecified atom stereocenters. The van der Waals surface area contributed by atoms with Crippen molar-refractivity contribution in [3.8, 4) is 0 Å². The van der Waals surface area contributed by atoms with E-state index in [4.69, 9.17) is 15.5 Å². The van der Waals surface area contributed by atoms with Gasteiger partial charge in [-0.15, -0.1) is 0 Å². The summed E-state index contributed by atoms with van der Waals surface area (Å²) in [6.45, 7) is 1.43. The first kappa shape index (κ1) is 19.7. The summed E-state index contributed by atoms with van der Waals surface area (Å²) in [6, 6.07) is 1.91. The molecular formula is C20H29N7O2. The molecule has 3 atom stereocenters. The van der Waals surface area contributed by atoms with E-state index in [9.17, 15) is 4.79 Å². The Kier molecular flexibility index (Phi) is 5.42. The van der Waals surface area contributed by atoms with Crippen molar-refractivity contribution in [2.75, 3.05) is 32.6 Å². The third-order valence-corrected chi connectivity index (χ3v) is 5.89. The fourth-order valence-electron chi connectivity index (χ4n) is 4.46. The first-order valence-corrected chi connectivity index (χ1v) is 10.1. The number of H-pyrrole nitrogens is 1. The van der Waals surface area contributed by atoms with Gasteiger partial charge in [-0.1, -0.05) is 12.8 Å². The SMILES string of the molecule is CN(C)CCOC1CCCC[C@@H]1[C@@]1(C(N)=O)N=C(n2ccnc2)Nc2cc[nH]c21. The van der Waals surface area contributed by atoms with E-state index in [-0.39, 0.29) is 12.0 Å². The number of ether oxygens (including phenoxy) is 1. The maximum absolute atomic E-state index is 13.1. The van der Waals surface area contributed by atoms with Crippen LogP contribution in [0.2, 0.25) is 0 Å². The summed E-state index contributed by atoms with van der Waals surface area (Å²) in [4.78, 5) is 27.4. The molecule has 2 aromatic heterocycles. The van der Waals surface area contributed by atoms with Gasteiger partial charge in [0.05, 0.1) is 24.1 Å². The largest absolute Gasteiger partial charge is 0.376 e. The molecule has 2 aromatic rings. The summed E-state index contributed by atoms with van der Waals surface area (Å²) in [5.41, 5.74) is 6.38. The predicted molar refractivity (Wildman–Crippen MR) is 111 cm³/mol. The number of aromatic amines is 1. The molecule has 0 aromatic carbocycles. The van der Waals surface area contributed by atoms with Crippen LogP contribution >= 0.6 is 0 Å². The van der Waals surface area contributed by atoms with Crippen molar-refractivity contribution in [2.24, 2.45) is 16.6 Å². The Labute approximate surface area is 170 Å². The van der Waals surface area contributed by atoms with Crippen LogP contribution < -0.4 is 11.1 Å². The van der Waals surface area contributed by atoms with Gasteiger partial charge in [0, 0.05) is 31.1 Å². The number of hydrogen-bond donors (Lipinski definition) is 3. The Morgan fingerprint density at radius 1 is 1.41 bits per heavy atom. The summed E-state index contributed by atoms with van der Waals surface area (Å²) >= 11 is 0. The Morgan fingerprint density at radius 3 is 2.97 bits per heavy atom. The molecule has 1 amide bonds. The molecule has 4 rings (SSSR count). The molecule has 9 heteroatoms. The van der Waals surface area contributed by atoms with E-state index in [1.807, 2.05) is 26.4 Å². The molecule has 4 N–H and O–H groups in total. The number of likely N-dealkylation sites (N-methyl/N-ethyl adjacent to an activating group) is 1. The number of carbonyl (C=O) groups is 1. The highest BCUT2D eigenvalue weighted by molar-refractivity contribution is 6.03. The molecule has 0 spiro atoms. The molecular weight excluding hydrogens is 370 g/mol. The van der Waals surface area contributed by atoms with E-state index >= 15 is 0 Å². The van der Waals surface area contributed by atoms with Crippen LogP contribution in [0.15, 0.2) is 36.0 Å². The lowest BCUT2D eigenvalue weighted by molar-refractivity contribution is -0.130. The zero-order chi connectivity index (χ0) is 20.4. The number of amides is 1. The summed E-state index contributed by atoms with van der Waals surface area (Å²) in [5, 5.41) is 3.29. The van der Waals surface area contributed by atoms with Crippen LogP contribution in [0.1, 0.15) is 31.4 Å². The number of rotatable bonds is 6. The Hall–Kier alpha value is -2.65. The van der Waals surface area contributed by atoms with E-state index in [1.54, 1.807) is 23.3 Å². The monoisotopic (exact) mass is 399 g/mol. The van der Waals surface area contributed by atoms with E-state index in [1.165, 1.54) is 0 Å². The van der Waals surface area contributed by atoms with E-state index in [0.29, 0.717) is 18.3 Å². The van der Waals surface area contributed by atoms with Gasteiger partial charge in [0.1, 0.15) is 6.33 Å². The maximum atomic E-state index is 13.1. The average molecular weight is 399 g/mol. The van der Waals surface area contributed by atoms with Gasteiger partial charge in [0.2, 0.25) is 5.96 Å². The third-order valence-electron chi connectivity index (χ3n) is 5.89. The fourth-order valence-corrected chi connectivity index (χ4v) is 4.46. The van der Waals surface area contributed by atoms with Gasteiger partial charge >= 0.3 is 0 Å². The van der Waals surface area contributed by atoms with Crippen molar-refractivity contribution in [1.29, 1.82) is 0 Å². The van der Waals surface area contributed by atoms with Gasteiger partial charge in [0.15, 0.2) is 5.54 Å². The average Bonchev–Trinajstić information content (AvgIpc) is 3.39. The summed E-state index contributed by atoms with van der Waals surface area (Å²) in [5.74, 6) is -0.0756. The van der Waals surface area contributed by atoms with Gasteiger partial charge < -0.3 is 25.7 Å². The highest BCUT2D eigenvalue weighted by Crippen LogP contribution is 2.47. The van der Waals surface area contributed by atoms with Gasteiger partial charge in [-0.3, -0.25) is 9.36 Å². The molecule has 0 radical (unpaired) electrons. The number of aliphatic imine (C=N–C) groups is 1. The van der Waals surface area contributed by atoms with Crippen LogP contribution in [-0.4, -0.2) is 64.7 Å². The number of anilines is 1. The van der Waals surface area contributed by atoms with Gasteiger partial charge in [-0.25, -0.2) is 9.98 Å². The van der Waals surface area contributed by atoms with Crippen LogP contribution in [-0.2, 0) is 15.1 Å². The van der Waals surface area contributed by atoms with E-state index < -0.39 is 11.4 Å². The number of nitrogens with zero attached hydrogens (tertiary/aromatic N) is 4. The number of aromatic nitrogens is 3. The molecule has 29 heavy (non-hydrogen) atoms. The lowest BCUT2D eigenvalue weighted by atomic mass is 9.70. The van der Waals surface area contributed by atoms with E-state index in [2.05, 4.69) is 20.2 Å². The number of nitrogens with two attached hydrogens (primary N) is 1. The molecule has 0 saturated heterocycles. The van der Waals surface area contributed by atoms with Crippen LogP contribution in [0.25, 0.3) is 0 Å². The van der Waals surface area contributed by atoms with Gasteiger partial charge in [-0.05, 0) is 33.0 Å². The van der Waals surface area contributed by atoms with Gasteiger partial charge in [0.25, 0.3) is 5.91 Å². The van der Waals surface area contributed by atoms with Crippen LogP contribution in [0.4, 0.5) is 5.69 Å². The number of primary amides is 1. The van der Waals surface area contributed by atoms with Crippen molar-refractivity contribution < 1.29 is 9.53 Å².